The van der Waals surface area contributed by atoms with Gasteiger partial charge in [0.05, 0.1) is 12.5 Å². The van der Waals surface area contributed by atoms with E-state index in [-0.39, 0.29) is 38.4 Å². The number of amides is 2. The highest BCUT2D eigenvalue weighted by Crippen LogP contribution is 2.29. The molecular weight excluding hydrogens is 331 g/mol. The summed E-state index contributed by atoms with van der Waals surface area (Å²) in [4.78, 5) is 25.1. The Balaban J connectivity index is 1.66. The topological polar surface area (TPSA) is 88.1 Å². The van der Waals surface area contributed by atoms with Crippen molar-refractivity contribution in [3.8, 4) is 5.75 Å². The molecule has 0 radical (unpaired) electrons. The zero-order valence-electron chi connectivity index (χ0n) is 14.0. The van der Waals surface area contributed by atoms with Crippen LogP contribution in [-0.2, 0) is 22.7 Å². The summed E-state index contributed by atoms with van der Waals surface area (Å²) in [6.45, 7) is 3.05. The van der Waals surface area contributed by atoms with Gasteiger partial charge in [0.25, 0.3) is 0 Å². The molecule has 0 aliphatic carbocycles. The molecule has 2 heterocycles. The maximum absolute atomic E-state index is 13.7. The summed E-state index contributed by atoms with van der Waals surface area (Å²) in [5.41, 5.74) is 1.14. The zero-order valence-corrected chi connectivity index (χ0v) is 14.0. The van der Waals surface area contributed by atoms with Gasteiger partial charge in [0.2, 0.25) is 0 Å². The number of urea groups is 1. The van der Waals surface area contributed by atoms with Crippen LogP contribution in [0.25, 0.3) is 0 Å². The molecule has 1 fully saturated rings. The molecule has 136 valence electrons. The summed E-state index contributed by atoms with van der Waals surface area (Å²) in [7, 11) is 0. The van der Waals surface area contributed by atoms with Crippen molar-refractivity contribution in [3.63, 3.8) is 0 Å². The average molecular weight is 352 g/mol. The summed E-state index contributed by atoms with van der Waals surface area (Å²) in [6.07, 6.45) is 0.560. The maximum atomic E-state index is 13.7. The predicted molar refractivity (Wildman–Crippen MR) is 85.4 cm³/mol. The van der Waals surface area contributed by atoms with Gasteiger partial charge in [0.1, 0.15) is 11.6 Å². The number of halogens is 1. The Morgan fingerprint density at radius 3 is 2.96 bits per heavy atom. The highest BCUT2D eigenvalue weighted by atomic mass is 19.1. The first kappa shape index (κ1) is 17.5. The number of benzene rings is 1. The van der Waals surface area contributed by atoms with Crippen molar-refractivity contribution in [2.75, 3.05) is 19.9 Å². The number of piperidine rings is 1. The van der Waals surface area contributed by atoms with Crippen LogP contribution in [0.5, 0.6) is 5.75 Å². The van der Waals surface area contributed by atoms with E-state index in [4.69, 9.17) is 9.47 Å². The highest BCUT2D eigenvalue weighted by molar-refractivity contribution is 5.76. The average Bonchev–Trinajstić information content (AvgIpc) is 2.58. The fourth-order valence-corrected chi connectivity index (χ4v) is 3.37. The molecular formula is C17H21FN2O5. The van der Waals surface area contributed by atoms with Crippen molar-refractivity contribution in [3.05, 3.63) is 29.1 Å². The number of carbonyl (C=O) groups is 2. The lowest BCUT2D eigenvalue weighted by atomic mass is 9.91. The number of carboxylic acid groups (broad SMARTS) is 1. The summed E-state index contributed by atoms with van der Waals surface area (Å²) in [6, 6.07) is 2.32. The van der Waals surface area contributed by atoms with Gasteiger partial charge in [-0.2, -0.15) is 0 Å². The molecule has 8 heteroatoms. The highest BCUT2D eigenvalue weighted by Gasteiger charge is 2.32. The van der Waals surface area contributed by atoms with Gasteiger partial charge in [-0.1, -0.05) is 6.92 Å². The Morgan fingerprint density at radius 1 is 1.40 bits per heavy atom. The molecule has 0 aromatic heterocycles. The van der Waals surface area contributed by atoms with Crippen LogP contribution >= 0.6 is 0 Å². The molecule has 0 saturated carbocycles. The summed E-state index contributed by atoms with van der Waals surface area (Å²) in [5.74, 6) is -1.23. The first-order valence-corrected chi connectivity index (χ1v) is 8.21. The molecule has 2 N–H and O–H groups in total. The van der Waals surface area contributed by atoms with Crippen molar-refractivity contribution < 1.29 is 28.6 Å². The lowest BCUT2D eigenvalue weighted by Gasteiger charge is -2.34. The molecule has 2 aliphatic rings. The Labute approximate surface area is 144 Å². The fraction of sp³-hybridized carbons (Fsp3) is 0.529. The van der Waals surface area contributed by atoms with Crippen molar-refractivity contribution in [2.45, 2.75) is 26.5 Å². The number of nitrogens with one attached hydrogen (secondary N) is 1. The standard InChI is InChI=1S/C17H21FN2O5/c1-10-2-12(16(21)22)7-20(6-10)17(23)19-5-11-3-14(18)4-13-8-24-9-25-15(11)13/h3-4,10,12H,2,5-9H2,1H3,(H,19,23)(H,21,22). The fourth-order valence-electron chi connectivity index (χ4n) is 3.37. The Hall–Kier alpha value is -2.35. The monoisotopic (exact) mass is 352 g/mol. The van der Waals surface area contributed by atoms with E-state index >= 15 is 0 Å². The van der Waals surface area contributed by atoms with Crippen LogP contribution in [-0.4, -0.2) is 41.9 Å². The number of nitrogens with zero attached hydrogens (tertiary/aromatic N) is 1. The number of likely N-dealkylation sites (tertiary alicyclic amines) is 1. The third-order valence-electron chi connectivity index (χ3n) is 4.48. The van der Waals surface area contributed by atoms with Crippen molar-refractivity contribution in [1.29, 1.82) is 0 Å². The SMILES string of the molecule is CC1CC(C(=O)O)CN(C(=O)NCc2cc(F)cc3c2OCOC3)C1. The lowest BCUT2D eigenvalue weighted by Crippen LogP contribution is -2.49. The predicted octanol–water partition coefficient (Wildman–Crippen LogP) is 1.94. The second-order valence-corrected chi connectivity index (χ2v) is 6.60. The number of hydrogen-bond acceptors (Lipinski definition) is 4. The second-order valence-electron chi connectivity index (χ2n) is 6.60. The van der Waals surface area contributed by atoms with Crippen LogP contribution < -0.4 is 10.1 Å². The third-order valence-corrected chi connectivity index (χ3v) is 4.48. The molecule has 2 amide bonds. The van der Waals surface area contributed by atoms with Gasteiger partial charge in [-0.3, -0.25) is 4.79 Å². The van der Waals surface area contributed by atoms with Crippen LogP contribution in [0.15, 0.2) is 12.1 Å². The van der Waals surface area contributed by atoms with Gasteiger partial charge in [-0.25, -0.2) is 9.18 Å². The minimum absolute atomic E-state index is 0.0868. The first-order valence-electron chi connectivity index (χ1n) is 8.21. The van der Waals surface area contributed by atoms with Gasteiger partial charge in [0, 0.05) is 30.8 Å². The largest absolute Gasteiger partial charge is 0.481 e. The van der Waals surface area contributed by atoms with E-state index in [0.717, 1.165) is 0 Å². The van der Waals surface area contributed by atoms with Crippen LogP contribution in [0, 0.1) is 17.7 Å². The van der Waals surface area contributed by atoms with Crippen LogP contribution in [0.4, 0.5) is 9.18 Å². The van der Waals surface area contributed by atoms with Crippen molar-refractivity contribution in [1.82, 2.24) is 10.2 Å². The summed E-state index contributed by atoms with van der Waals surface area (Å²) >= 11 is 0. The van der Waals surface area contributed by atoms with Crippen LogP contribution in [0.3, 0.4) is 0 Å². The smallest absolute Gasteiger partial charge is 0.317 e. The molecule has 1 aromatic rings. The van der Waals surface area contributed by atoms with E-state index in [0.29, 0.717) is 29.8 Å². The number of ether oxygens (including phenoxy) is 2. The molecule has 1 saturated heterocycles. The quantitative estimate of drug-likeness (QED) is 0.868. The van der Waals surface area contributed by atoms with E-state index in [1.165, 1.54) is 17.0 Å². The third kappa shape index (κ3) is 4.01. The number of carboxylic acids is 1. The molecule has 7 nitrogen and oxygen atoms in total. The van der Waals surface area contributed by atoms with Gasteiger partial charge in [0.15, 0.2) is 6.79 Å². The molecule has 0 spiro atoms. The molecule has 2 unspecified atom stereocenters. The normalized spacial score (nSPS) is 22.7. The van der Waals surface area contributed by atoms with Gasteiger partial charge < -0.3 is 24.8 Å². The maximum Gasteiger partial charge on any atom is 0.317 e. The van der Waals surface area contributed by atoms with E-state index in [2.05, 4.69) is 5.32 Å². The lowest BCUT2D eigenvalue weighted by molar-refractivity contribution is -0.143. The van der Waals surface area contributed by atoms with Gasteiger partial charge in [-0.05, 0) is 24.5 Å². The summed E-state index contributed by atoms with van der Waals surface area (Å²) in [5, 5.41) is 11.9. The molecule has 2 aliphatic heterocycles. The zero-order chi connectivity index (χ0) is 18.0. The van der Waals surface area contributed by atoms with Crippen molar-refractivity contribution >= 4 is 12.0 Å². The van der Waals surface area contributed by atoms with E-state index in [1.54, 1.807) is 0 Å². The second kappa shape index (κ2) is 7.26. The summed E-state index contributed by atoms with van der Waals surface area (Å²) < 4.78 is 24.3. The van der Waals surface area contributed by atoms with E-state index in [9.17, 15) is 19.1 Å². The molecule has 0 bridgehead atoms. The number of aliphatic carboxylic acids is 1. The van der Waals surface area contributed by atoms with Crippen LogP contribution in [0.2, 0.25) is 0 Å². The molecule has 25 heavy (non-hydrogen) atoms. The Kier molecular flexibility index (Phi) is 5.08. The Morgan fingerprint density at radius 2 is 2.20 bits per heavy atom. The minimum Gasteiger partial charge on any atom is -0.481 e. The van der Waals surface area contributed by atoms with Gasteiger partial charge in [-0.15, -0.1) is 0 Å². The molecule has 3 rings (SSSR count). The number of carbonyl (C=O) groups excluding carboxylic acids is 1. The minimum atomic E-state index is -0.892. The van der Waals surface area contributed by atoms with Crippen molar-refractivity contribution in [2.24, 2.45) is 11.8 Å². The molecule has 1 aromatic carbocycles. The van der Waals surface area contributed by atoms with Gasteiger partial charge >= 0.3 is 12.0 Å². The van der Waals surface area contributed by atoms with E-state index < -0.39 is 17.7 Å². The number of fused-ring (bicyclic) bond motifs is 1. The first-order chi connectivity index (χ1) is 11.9. The van der Waals surface area contributed by atoms with Crippen LogP contribution in [0.1, 0.15) is 24.5 Å². The number of rotatable bonds is 3. The molecule has 2 atom stereocenters. The number of hydrogen-bond donors (Lipinski definition) is 2. The van der Waals surface area contributed by atoms with E-state index in [1.807, 2.05) is 6.92 Å². The Bertz CT molecular complexity index is 681.